The fourth-order valence-electron chi connectivity index (χ4n) is 5.37. The van der Waals surface area contributed by atoms with Crippen molar-refractivity contribution in [3.05, 3.63) is 77.4 Å². The zero-order valence-electron chi connectivity index (χ0n) is 19.7. The number of anilines is 1. The van der Waals surface area contributed by atoms with Crippen LogP contribution in [0.2, 0.25) is 0 Å². The Bertz CT molecular complexity index is 1160. The van der Waals surface area contributed by atoms with Crippen LogP contribution in [0.25, 0.3) is 10.8 Å². The molecule has 1 heterocycles. The summed E-state index contributed by atoms with van der Waals surface area (Å²) in [6.07, 6.45) is 3.16. The number of nitrogens with one attached hydrogen (secondary N) is 1. The van der Waals surface area contributed by atoms with Crippen LogP contribution in [0.5, 0.6) is 0 Å². The van der Waals surface area contributed by atoms with E-state index in [-0.39, 0.29) is 11.4 Å². The number of nitrogens with zero attached hydrogens (tertiary/aromatic N) is 2. The summed E-state index contributed by atoms with van der Waals surface area (Å²) >= 11 is 0. The maximum Gasteiger partial charge on any atom is 0.244 e. The fraction of sp³-hybridized carbons (Fsp3) is 0.357. The lowest BCUT2D eigenvalue weighted by Crippen LogP contribution is -2.51. The molecule has 1 unspecified atom stereocenters. The molecule has 0 aliphatic carbocycles. The maximum atomic E-state index is 12.5. The average Bonchev–Trinajstić information content (AvgIpc) is 2.73. The van der Waals surface area contributed by atoms with Gasteiger partial charge in [-0.3, -0.25) is 4.79 Å². The van der Waals surface area contributed by atoms with E-state index >= 15 is 0 Å². The predicted molar refractivity (Wildman–Crippen MR) is 135 cm³/mol. The number of hydrogen-bond donors (Lipinski definition) is 1. The van der Waals surface area contributed by atoms with Gasteiger partial charge >= 0.3 is 0 Å². The summed E-state index contributed by atoms with van der Waals surface area (Å²) in [5.41, 5.74) is 7.50. The van der Waals surface area contributed by atoms with Crippen molar-refractivity contribution >= 4 is 28.6 Å². The third-order valence-corrected chi connectivity index (χ3v) is 6.45. The second-order valence-electron chi connectivity index (χ2n) is 9.81. The molecule has 3 aromatic carbocycles. The van der Waals surface area contributed by atoms with E-state index in [1.807, 2.05) is 24.3 Å². The molecule has 1 atom stereocenters. The van der Waals surface area contributed by atoms with Crippen LogP contribution in [0, 0.1) is 0 Å². The Morgan fingerprint density at radius 1 is 1.16 bits per heavy atom. The highest BCUT2D eigenvalue weighted by atomic mass is 16.2. The third kappa shape index (κ3) is 4.40. The lowest BCUT2D eigenvalue weighted by atomic mass is 9.79. The Kier molecular flexibility index (Phi) is 6.05. The van der Waals surface area contributed by atoms with Gasteiger partial charge in [0.2, 0.25) is 5.91 Å². The molecule has 4 rings (SSSR count). The summed E-state index contributed by atoms with van der Waals surface area (Å²) in [5, 5.41) is 6.48. The quantitative estimate of drug-likeness (QED) is 0.399. The monoisotopic (exact) mass is 427 g/mol. The molecule has 1 amide bonds. The van der Waals surface area contributed by atoms with E-state index in [1.54, 1.807) is 6.21 Å². The molecular formula is C28H33N3O. The minimum Gasteiger partial charge on any atom is -0.364 e. The lowest BCUT2D eigenvalue weighted by Gasteiger charge is -2.50. The zero-order chi connectivity index (χ0) is 22.9. The van der Waals surface area contributed by atoms with Crippen molar-refractivity contribution in [3.8, 4) is 0 Å². The van der Waals surface area contributed by atoms with Gasteiger partial charge in [0.05, 0.1) is 12.6 Å². The van der Waals surface area contributed by atoms with Crippen LogP contribution in [-0.2, 0) is 11.2 Å². The van der Waals surface area contributed by atoms with Crippen LogP contribution in [-0.4, -0.2) is 23.7 Å². The highest BCUT2D eigenvalue weighted by molar-refractivity contribution is 5.90. The Hall–Kier alpha value is -3.14. The molecule has 0 bridgehead atoms. The van der Waals surface area contributed by atoms with Gasteiger partial charge in [-0.1, -0.05) is 55.5 Å². The molecule has 1 N–H and O–H groups in total. The summed E-state index contributed by atoms with van der Waals surface area (Å²) < 4.78 is 0. The van der Waals surface area contributed by atoms with Crippen molar-refractivity contribution < 1.29 is 4.79 Å². The van der Waals surface area contributed by atoms with Crippen LogP contribution >= 0.6 is 0 Å². The number of fused-ring (bicyclic) bond motifs is 2. The first-order valence-corrected chi connectivity index (χ1v) is 11.5. The van der Waals surface area contributed by atoms with Crippen molar-refractivity contribution in [2.45, 2.75) is 65.0 Å². The average molecular weight is 428 g/mol. The van der Waals surface area contributed by atoms with E-state index in [2.05, 4.69) is 86.4 Å². The van der Waals surface area contributed by atoms with Crippen molar-refractivity contribution in [1.82, 2.24) is 5.43 Å². The minimum atomic E-state index is -0.114. The molecule has 1 aliphatic heterocycles. The van der Waals surface area contributed by atoms with Gasteiger partial charge in [0.15, 0.2) is 0 Å². The first kappa shape index (κ1) is 22.1. The lowest BCUT2D eigenvalue weighted by molar-refractivity contribution is -0.120. The van der Waals surface area contributed by atoms with Gasteiger partial charge in [-0.15, -0.1) is 0 Å². The SMILES string of the molecule is CC1CC(C)(C)N(C(C)C)c2ccc(/C=N/NC(=O)Cc3cccc4ccccc34)cc21. The summed E-state index contributed by atoms with van der Waals surface area (Å²) in [4.78, 5) is 15.0. The maximum absolute atomic E-state index is 12.5. The highest BCUT2D eigenvalue weighted by Crippen LogP contribution is 2.44. The number of amides is 1. The van der Waals surface area contributed by atoms with E-state index < -0.39 is 0 Å². The molecule has 4 heteroatoms. The van der Waals surface area contributed by atoms with Crippen molar-refractivity contribution in [1.29, 1.82) is 0 Å². The zero-order valence-corrected chi connectivity index (χ0v) is 19.7. The summed E-state index contributed by atoms with van der Waals surface area (Å²) in [7, 11) is 0. The fourth-order valence-corrected chi connectivity index (χ4v) is 5.37. The van der Waals surface area contributed by atoms with Crippen LogP contribution in [0.4, 0.5) is 5.69 Å². The van der Waals surface area contributed by atoms with Gasteiger partial charge in [0.25, 0.3) is 0 Å². The van der Waals surface area contributed by atoms with Crippen molar-refractivity contribution in [3.63, 3.8) is 0 Å². The molecule has 0 fully saturated rings. The van der Waals surface area contributed by atoms with E-state index in [0.29, 0.717) is 18.4 Å². The van der Waals surface area contributed by atoms with Gasteiger partial charge in [-0.05, 0) is 79.6 Å². The second-order valence-corrected chi connectivity index (χ2v) is 9.81. The first-order chi connectivity index (χ1) is 15.3. The smallest absolute Gasteiger partial charge is 0.244 e. The van der Waals surface area contributed by atoms with E-state index in [1.165, 1.54) is 11.3 Å². The van der Waals surface area contributed by atoms with Gasteiger partial charge in [-0.2, -0.15) is 5.10 Å². The molecule has 1 aliphatic rings. The van der Waals surface area contributed by atoms with Crippen LogP contribution in [0.15, 0.2) is 65.8 Å². The molecule has 32 heavy (non-hydrogen) atoms. The Labute approximate surface area is 191 Å². The topological polar surface area (TPSA) is 44.7 Å². The van der Waals surface area contributed by atoms with Crippen LogP contribution in [0.3, 0.4) is 0 Å². The van der Waals surface area contributed by atoms with Crippen LogP contribution < -0.4 is 10.3 Å². The molecule has 0 spiro atoms. The third-order valence-electron chi connectivity index (χ3n) is 6.45. The number of rotatable bonds is 5. The summed E-state index contributed by atoms with van der Waals surface area (Å²) in [6, 6.07) is 21.1. The number of carbonyl (C=O) groups excluding carboxylic acids is 1. The van der Waals surface area contributed by atoms with Gasteiger partial charge in [0, 0.05) is 17.3 Å². The Balaban J connectivity index is 1.47. The number of carbonyl (C=O) groups is 1. The molecule has 166 valence electrons. The predicted octanol–water partition coefficient (Wildman–Crippen LogP) is 6.03. The number of benzene rings is 3. The molecule has 0 saturated carbocycles. The molecule has 0 saturated heterocycles. The van der Waals surface area contributed by atoms with E-state index in [0.717, 1.165) is 28.3 Å². The van der Waals surface area contributed by atoms with Gasteiger partial charge < -0.3 is 4.90 Å². The first-order valence-electron chi connectivity index (χ1n) is 11.5. The minimum absolute atomic E-state index is 0.114. The Morgan fingerprint density at radius 3 is 2.69 bits per heavy atom. The number of hydrazone groups is 1. The van der Waals surface area contributed by atoms with Gasteiger partial charge in [-0.25, -0.2) is 5.43 Å². The molecule has 4 nitrogen and oxygen atoms in total. The molecule has 0 radical (unpaired) electrons. The molecular weight excluding hydrogens is 394 g/mol. The summed E-state index contributed by atoms with van der Waals surface area (Å²) in [5.74, 6) is 0.362. The van der Waals surface area contributed by atoms with Crippen molar-refractivity contribution in [2.24, 2.45) is 5.10 Å². The summed E-state index contributed by atoms with van der Waals surface area (Å²) in [6.45, 7) is 11.5. The molecule has 3 aromatic rings. The van der Waals surface area contributed by atoms with Gasteiger partial charge in [0.1, 0.15) is 0 Å². The van der Waals surface area contributed by atoms with Crippen LogP contribution in [0.1, 0.15) is 63.6 Å². The van der Waals surface area contributed by atoms with Crippen molar-refractivity contribution in [2.75, 3.05) is 4.90 Å². The largest absolute Gasteiger partial charge is 0.364 e. The molecule has 0 aromatic heterocycles. The standard InChI is InChI=1S/C28H33N3O/c1-19(2)31-26-14-13-21(15-25(26)20(3)17-28(31,4)5)18-29-30-27(32)16-23-11-8-10-22-9-6-7-12-24(22)23/h6-15,18-20H,16-17H2,1-5H3,(H,30,32)/b29-18+. The van der Waals surface area contributed by atoms with E-state index in [4.69, 9.17) is 0 Å². The normalized spacial score (nSPS) is 17.7. The van der Waals surface area contributed by atoms with E-state index in [9.17, 15) is 4.79 Å². The highest BCUT2D eigenvalue weighted by Gasteiger charge is 2.37. The Morgan fingerprint density at radius 2 is 1.91 bits per heavy atom. The second kappa shape index (κ2) is 8.78. The number of hydrogen-bond acceptors (Lipinski definition) is 3.